The van der Waals surface area contributed by atoms with Crippen LogP contribution in [0.4, 0.5) is 41.7 Å². The number of anilines is 5. The van der Waals surface area contributed by atoms with E-state index >= 15 is 0 Å². The van der Waals surface area contributed by atoms with E-state index in [2.05, 4.69) is 35.9 Å². The van der Waals surface area contributed by atoms with Crippen LogP contribution in [0.15, 0.2) is 83.0 Å². The molecule has 0 radical (unpaired) electrons. The summed E-state index contributed by atoms with van der Waals surface area (Å²) in [5, 5.41) is 9.19. The number of aromatic nitrogens is 2. The van der Waals surface area contributed by atoms with Crippen LogP contribution in [0, 0.1) is 6.92 Å². The Morgan fingerprint density at radius 2 is 1.79 bits per heavy atom. The largest absolute Gasteiger partial charge is 0.416 e. The lowest BCUT2D eigenvalue weighted by Gasteiger charge is -2.23. The Bertz CT molecular complexity index is 1790. The molecule has 5 rings (SSSR count). The molecule has 0 aliphatic carbocycles. The van der Waals surface area contributed by atoms with Gasteiger partial charge in [0.1, 0.15) is 12.0 Å². The number of carbonyl (C=O) groups excluding carboxylic acids is 1. The van der Waals surface area contributed by atoms with Gasteiger partial charge in [-0.3, -0.25) is 4.79 Å². The molecule has 1 aliphatic rings. The van der Waals surface area contributed by atoms with Crippen LogP contribution in [0.2, 0.25) is 0 Å². The number of fused-ring (bicyclic) bond motifs is 1. The first-order chi connectivity index (χ1) is 22.5. The van der Waals surface area contributed by atoms with Crippen LogP contribution in [0.5, 0.6) is 0 Å². The smallest absolute Gasteiger partial charge is 0.373 e. The van der Waals surface area contributed by atoms with E-state index in [0.29, 0.717) is 60.6 Å². The number of aliphatic imine (C=N–C) groups is 2. The van der Waals surface area contributed by atoms with Gasteiger partial charge in [-0.1, -0.05) is 36.4 Å². The third-order valence-corrected chi connectivity index (χ3v) is 7.49. The fraction of sp³-hybridized carbons (Fsp3) is 0.265. The van der Waals surface area contributed by atoms with Crippen LogP contribution in [0.25, 0.3) is 0 Å². The van der Waals surface area contributed by atoms with Gasteiger partial charge in [0.2, 0.25) is 5.96 Å². The number of hydrogen-bond acceptors (Lipinski definition) is 7. The van der Waals surface area contributed by atoms with Crippen LogP contribution < -0.4 is 20.9 Å². The Kier molecular flexibility index (Phi) is 10.1. The second kappa shape index (κ2) is 14.4. The second-order valence-corrected chi connectivity index (χ2v) is 11.4. The Hall–Kier alpha value is -5.30. The predicted molar refractivity (Wildman–Crippen MR) is 181 cm³/mol. The number of carbonyl (C=O) groups is 1. The molecule has 47 heavy (non-hydrogen) atoms. The summed E-state index contributed by atoms with van der Waals surface area (Å²) in [4.78, 5) is 34.9. The molecule has 0 saturated heterocycles. The molecule has 1 aromatic heterocycles. The van der Waals surface area contributed by atoms with Crippen LogP contribution >= 0.6 is 0 Å². The van der Waals surface area contributed by atoms with Gasteiger partial charge in [-0.05, 0) is 62.5 Å². The number of likely N-dealkylation sites (N-methyl/N-ethyl adjacent to an activating group) is 2. The molecule has 1 aliphatic heterocycles. The summed E-state index contributed by atoms with van der Waals surface area (Å²) in [6.45, 7) is 3.45. The molecule has 13 heteroatoms. The van der Waals surface area contributed by atoms with Gasteiger partial charge in [0.05, 0.1) is 17.8 Å². The molecule has 244 valence electrons. The number of amides is 1. The molecule has 0 fully saturated rings. The molecule has 4 aromatic rings. The fourth-order valence-electron chi connectivity index (χ4n) is 4.77. The zero-order valence-corrected chi connectivity index (χ0v) is 26.6. The monoisotopic (exact) mass is 643 g/mol. The van der Waals surface area contributed by atoms with E-state index < -0.39 is 17.6 Å². The average molecular weight is 644 g/mol. The van der Waals surface area contributed by atoms with E-state index in [0.717, 1.165) is 23.3 Å². The molecule has 0 saturated carbocycles. The Balaban J connectivity index is 1.37. The van der Waals surface area contributed by atoms with Crippen molar-refractivity contribution in [2.45, 2.75) is 26.1 Å². The second-order valence-electron chi connectivity index (χ2n) is 11.4. The van der Waals surface area contributed by atoms with Crippen molar-refractivity contribution in [2.75, 3.05) is 55.1 Å². The zero-order chi connectivity index (χ0) is 33.6. The number of nitrogens with one attached hydrogen (secondary N) is 3. The lowest BCUT2D eigenvalue weighted by molar-refractivity contribution is -0.137. The molecule has 3 aromatic carbocycles. The first-order valence-electron chi connectivity index (χ1n) is 15.0. The minimum Gasteiger partial charge on any atom is -0.373 e. The Morgan fingerprint density at radius 3 is 2.53 bits per heavy atom. The third kappa shape index (κ3) is 8.70. The molecular weight excluding hydrogens is 607 g/mol. The van der Waals surface area contributed by atoms with E-state index in [9.17, 15) is 18.0 Å². The minimum atomic E-state index is -4.58. The van der Waals surface area contributed by atoms with Crippen LogP contribution in [0.1, 0.15) is 32.7 Å². The van der Waals surface area contributed by atoms with E-state index in [-0.39, 0.29) is 11.3 Å². The van der Waals surface area contributed by atoms with E-state index in [1.165, 1.54) is 12.4 Å². The van der Waals surface area contributed by atoms with Crippen molar-refractivity contribution in [1.29, 1.82) is 0 Å². The number of alkyl halides is 3. The maximum Gasteiger partial charge on any atom is 0.416 e. The zero-order valence-electron chi connectivity index (χ0n) is 26.6. The highest BCUT2D eigenvalue weighted by Gasteiger charge is 2.32. The first-order valence-corrected chi connectivity index (χ1v) is 15.0. The number of benzene rings is 3. The molecule has 0 unspecified atom stereocenters. The van der Waals surface area contributed by atoms with Crippen molar-refractivity contribution in [1.82, 2.24) is 14.9 Å². The Labute approximate surface area is 271 Å². The van der Waals surface area contributed by atoms with Crippen molar-refractivity contribution >= 4 is 46.6 Å². The average Bonchev–Trinajstić information content (AvgIpc) is 3.26. The lowest BCUT2D eigenvalue weighted by Crippen LogP contribution is -2.28. The molecule has 2 heterocycles. The summed E-state index contributed by atoms with van der Waals surface area (Å²) in [6, 6.07) is 18.4. The van der Waals surface area contributed by atoms with Gasteiger partial charge in [0.25, 0.3) is 5.91 Å². The van der Waals surface area contributed by atoms with Crippen LogP contribution in [-0.4, -0.2) is 67.2 Å². The topological polar surface area (TPSA) is 110 Å². The summed E-state index contributed by atoms with van der Waals surface area (Å²) in [6.07, 6.45) is -0.960. The summed E-state index contributed by atoms with van der Waals surface area (Å²) >= 11 is 0. The molecule has 10 nitrogen and oxygen atoms in total. The SMILES string of the molecule is Cc1ccc(C(=O)Nc2cc(N(C)CCN(C)C)cc(C(F)(F)F)c2)cc1Nc1ncnc2c1NC(=NCc1ccccc1)N=CC2. The quantitative estimate of drug-likeness (QED) is 0.184. The fourth-order valence-corrected chi connectivity index (χ4v) is 4.77. The lowest BCUT2D eigenvalue weighted by atomic mass is 10.1. The molecule has 0 bridgehead atoms. The van der Waals surface area contributed by atoms with Crippen molar-refractivity contribution in [3.63, 3.8) is 0 Å². The van der Waals surface area contributed by atoms with Gasteiger partial charge >= 0.3 is 6.18 Å². The van der Waals surface area contributed by atoms with Crippen molar-refractivity contribution in [2.24, 2.45) is 9.98 Å². The molecule has 1 amide bonds. The Morgan fingerprint density at radius 1 is 1.00 bits per heavy atom. The summed E-state index contributed by atoms with van der Waals surface area (Å²) in [5.41, 5.74) is 3.53. The van der Waals surface area contributed by atoms with Crippen molar-refractivity contribution in [3.8, 4) is 0 Å². The summed E-state index contributed by atoms with van der Waals surface area (Å²) in [7, 11) is 5.50. The van der Waals surface area contributed by atoms with Gasteiger partial charge in [-0.25, -0.2) is 20.0 Å². The number of aryl methyl sites for hydroxylation is 1. The normalized spacial score (nSPS) is 13.6. The molecule has 0 atom stereocenters. The van der Waals surface area contributed by atoms with E-state index in [1.807, 2.05) is 56.3 Å². The number of nitrogens with zero attached hydrogens (tertiary/aromatic N) is 6. The highest BCUT2D eigenvalue weighted by atomic mass is 19.4. The van der Waals surface area contributed by atoms with Gasteiger partial charge in [0.15, 0.2) is 5.82 Å². The maximum atomic E-state index is 13.8. The molecule has 0 spiro atoms. The molecule has 3 N–H and O–H groups in total. The van der Waals surface area contributed by atoms with E-state index in [4.69, 9.17) is 0 Å². The first kappa shape index (κ1) is 33.1. The highest BCUT2D eigenvalue weighted by Crippen LogP contribution is 2.35. The van der Waals surface area contributed by atoms with E-state index in [1.54, 1.807) is 36.4 Å². The van der Waals surface area contributed by atoms with Gasteiger partial charge < -0.3 is 25.8 Å². The van der Waals surface area contributed by atoms with Crippen molar-refractivity contribution in [3.05, 3.63) is 101 Å². The molecular formula is C34H36F3N9O. The minimum absolute atomic E-state index is 0.0410. The summed E-state index contributed by atoms with van der Waals surface area (Å²) < 4.78 is 41.4. The highest BCUT2D eigenvalue weighted by molar-refractivity contribution is 6.06. The van der Waals surface area contributed by atoms with Gasteiger partial charge in [-0.2, -0.15) is 13.2 Å². The standard InChI is InChI=1S/C34H36F3N9O/c1-22-10-11-24(32(47)42-26-17-25(34(35,36)37)18-27(19-26)46(4)15-14-45(2)3)16-29(22)43-31-30-28(40-21-41-31)12-13-38-33(44-30)39-20-23-8-6-5-7-9-23/h5-11,13,16-19,21H,12,14-15,20H2,1-4H3,(H,39,44)(H,42,47)(H,40,41,43). The van der Waals surface area contributed by atoms with Gasteiger partial charge in [0, 0.05) is 55.4 Å². The number of guanidine groups is 1. The van der Waals surface area contributed by atoms with Gasteiger partial charge in [-0.15, -0.1) is 0 Å². The third-order valence-electron chi connectivity index (χ3n) is 7.49. The number of halogens is 3. The number of rotatable bonds is 10. The van der Waals surface area contributed by atoms with Crippen molar-refractivity contribution < 1.29 is 18.0 Å². The maximum absolute atomic E-state index is 13.8. The van der Waals surface area contributed by atoms with Crippen LogP contribution in [0.3, 0.4) is 0 Å². The number of hydrogen-bond donors (Lipinski definition) is 3. The van der Waals surface area contributed by atoms with Crippen LogP contribution in [-0.2, 0) is 19.1 Å². The predicted octanol–water partition coefficient (Wildman–Crippen LogP) is 6.39. The summed E-state index contributed by atoms with van der Waals surface area (Å²) in [5.74, 6) is 0.303.